The molecule has 8 nitrogen and oxygen atoms in total. The van der Waals surface area contributed by atoms with E-state index in [1.165, 1.54) is 26.4 Å². The van der Waals surface area contributed by atoms with Gasteiger partial charge in [0.25, 0.3) is 5.91 Å². The van der Waals surface area contributed by atoms with Crippen LogP contribution in [0.15, 0.2) is 60.7 Å². The van der Waals surface area contributed by atoms with Crippen molar-refractivity contribution in [2.24, 2.45) is 0 Å². The first kappa shape index (κ1) is 27.2. The molecule has 0 aliphatic rings. The maximum Gasteiger partial charge on any atom is 0.254 e. The summed E-state index contributed by atoms with van der Waals surface area (Å²) in [5, 5.41) is 3.47. The summed E-state index contributed by atoms with van der Waals surface area (Å²) in [6.45, 7) is 1.82. The van der Waals surface area contributed by atoms with E-state index in [1.54, 1.807) is 43.5 Å². The minimum absolute atomic E-state index is 0.0141. The van der Waals surface area contributed by atoms with Crippen molar-refractivity contribution in [1.29, 1.82) is 0 Å². The molecule has 0 aliphatic carbocycles. The van der Waals surface area contributed by atoms with Crippen molar-refractivity contribution in [2.45, 2.75) is 19.5 Å². The van der Waals surface area contributed by atoms with Crippen LogP contribution in [-0.2, 0) is 16.6 Å². The number of halogens is 1. The SMILES string of the molecule is COc1ccc([C@@H](C)NC(=O)c2cc(OC)c(OC)cc2N(Cc2ccc(Cl)cc2)S(C)(=O)=O)cc1. The molecule has 3 rings (SSSR count). The molecule has 0 saturated carbocycles. The van der Waals surface area contributed by atoms with Crippen LogP contribution in [0, 0.1) is 0 Å². The first-order valence-electron chi connectivity index (χ1n) is 11.0. The monoisotopic (exact) mass is 532 g/mol. The molecule has 192 valence electrons. The van der Waals surface area contributed by atoms with Crippen molar-refractivity contribution in [3.05, 3.63) is 82.4 Å². The Bertz CT molecular complexity index is 1310. The van der Waals surface area contributed by atoms with Gasteiger partial charge in [-0.3, -0.25) is 9.10 Å². The molecule has 0 aromatic heterocycles. The summed E-state index contributed by atoms with van der Waals surface area (Å²) in [4.78, 5) is 13.5. The molecule has 1 atom stereocenters. The van der Waals surface area contributed by atoms with Crippen LogP contribution in [-0.4, -0.2) is 41.9 Å². The topological polar surface area (TPSA) is 94.2 Å². The summed E-state index contributed by atoms with van der Waals surface area (Å²) in [6.07, 6.45) is 1.08. The van der Waals surface area contributed by atoms with Crippen LogP contribution in [0.4, 0.5) is 5.69 Å². The van der Waals surface area contributed by atoms with E-state index in [1.807, 2.05) is 19.1 Å². The minimum Gasteiger partial charge on any atom is -0.497 e. The summed E-state index contributed by atoms with van der Waals surface area (Å²) in [7, 11) is 0.662. The zero-order valence-electron chi connectivity index (χ0n) is 20.7. The highest BCUT2D eigenvalue weighted by Crippen LogP contribution is 2.37. The summed E-state index contributed by atoms with van der Waals surface area (Å²) >= 11 is 5.99. The third-order valence-electron chi connectivity index (χ3n) is 5.62. The average Bonchev–Trinajstić information content (AvgIpc) is 2.86. The van der Waals surface area contributed by atoms with Gasteiger partial charge in [-0.05, 0) is 48.4 Å². The highest BCUT2D eigenvalue weighted by atomic mass is 35.5. The molecule has 36 heavy (non-hydrogen) atoms. The Morgan fingerprint density at radius 2 is 1.53 bits per heavy atom. The molecule has 0 heterocycles. The van der Waals surface area contributed by atoms with Crippen LogP contribution in [0.3, 0.4) is 0 Å². The molecule has 0 spiro atoms. The van der Waals surface area contributed by atoms with Crippen LogP contribution < -0.4 is 23.8 Å². The molecule has 3 aromatic rings. The third-order valence-corrected chi connectivity index (χ3v) is 7.00. The van der Waals surface area contributed by atoms with Crippen molar-refractivity contribution >= 4 is 33.2 Å². The van der Waals surface area contributed by atoms with E-state index < -0.39 is 15.9 Å². The minimum atomic E-state index is -3.81. The summed E-state index contributed by atoms with van der Waals surface area (Å²) in [5.41, 5.74) is 1.82. The molecule has 10 heteroatoms. The number of hydrogen-bond donors (Lipinski definition) is 1. The lowest BCUT2D eigenvalue weighted by Crippen LogP contribution is -2.33. The Morgan fingerprint density at radius 3 is 2.06 bits per heavy atom. The lowest BCUT2D eigenvalue weighted by Gasteiger charge is -2.26. The lowest BCUT2D eigenvalue weighted by molar-refractivity contribution is 0.0940. The van der Waals surface area contributed by atoms with Gasteiger partial charge in [-0.15, -0.1) is 0 Å². The Morgan fingerprint density at radius 1 is 0.944 bits per heavy atom. The van der Waals surface area contributed by atoms with Gasteiger partial charge in [-0.1, -0.05) is 35.9 Å². The van der Waals surface area contributed by atoms with Crippen molar-refractivity contribution in [3.63, 3.8) is 0 Å². The fraction of sp³-hybridized carbons (Fsp3) is 0.269. The molecule has 0 unspecified atom stereocenters. The van der Waals surface area contributed by atoms with Crippen LogP contribution >= 0.6 is 11.6 Å². The molecule has 3 aromatic carbocycles. The van der Waals surface area contributed by atoms with Gasteiger partial charge in [-0.25, -0.2) is 8.42 Å². The third kappa shape index (κ3) is 6.41. The van der Waals surface area contributed by atoms with Crippen LogP contribution in [0.5, 0.6) is 17.2 Å². The largest absolute Gasteiger partial charge is 0.497 e. The lowest BCUT2D eigenvalue weighted by atomic mass is 10.1. The average molecular weight is 533 g/mol. The number of amides is 1. The molecule has 1 N–H and O–H groups in total. The number of carbonyl (C=O) groups excluding carboxylic acids is 1. The molecular weight excluding hydrogens is 504 g/mol. The number of hydrogen-bond acceptors (Lipinski definition) is 6. The standard InChI is InChI=1S/C26H29ClN2O6S/c1-17(19-8-12-21(33-2)13-9-19)28-26(30)22-14-24(34-3)25(35-4)15-23(22)29(36(5,31)32)16-18-6-10-20(27)11-7-18/h6-15,17H,16H2,1-5H3,(H,28,30)/t17-/m1/s1. The Kier molecular flexibility index (Phi) is 8.70. The van der Waals surface area contributed by atoms with Crippen LogP contribution in [0.1, 0.15) is 34.5 Å². The second-order valence-electron chi connectivity index (χ2n) is 8.09. The van der Waals surface area contributed by atoms with Gasteiger partial charge in [0.05, 0.1) is 51.4 Å². The van der Waals surface area contributed by atoms with Crippen molar-refractivity contribution < 1.29 is 27.4 Å². The number of nitrogens with one attached hydrogen (secondary N) is 1. The van der Waals surface area contributed by atoms with E-state index in [-0.39, 0.29) is 29.6 Å². The number of sulfonamides is 1. The Balaban J connectivity index is 2.05. The Labute approximate surface area is 216 Å². The van der Waals surface area contributed by atoms with Crippen LogP contribution in [0.25, 0.3) is 0 Å². The first-order valence-corrected chi connectivity index (χ1v) is 13.2. The predicted molar refractivity (Wildman–Crippen MR) is 141 cm³/mol. The van der Waals surface area contributed by atoms with Gasteiger partial charge in [0.2, 0.25) is 10.0 Å². The summed E-state index contributed by atoms with van der Waals surface area (Å²) < 4.78 is 43.0. The van der Waals surface area contributed by atoms with E-state index in [2.05, 4.69) is 5.32 Å². The van der Waals surface area contributed by atoms with Crippen LogP contribution in [0.2, 0.25) is 5.02 Å². The second kappa shape index (κ2) is 11.5. The molecule has 1 amide bonds. The fourth-order valence-electron chi connectivity index (χ4n) is 3.64. The maximum absolute atomic E-state index is 13.5. The van der Waals surface area contributed by atoms with E-state index >= 15 is 0 Å². The highest BCUT2D eigenvalue weighted by Gasteiger charge is 2.27. The van der Waals surface area contributed by atoms with Crippen molar-refractivity contribution in [3.8, 4) is 17.2 Å². The van der Waals surface area contributed by atoms with Gasteiger partial charge >= 0.3 is 0 Å². The van der Waals surface area contributed by atoms with Gasteiger partial charge in [0.1, 0.15) is 5.75 Å². The molecule has 0 saturated heterocycles. The molecule has 0 bridgehead atoms. The van der Waals surface area contributed by atoms with E-state index in [0.717, 1.165) is 16.1 Å². The predicted octanol–water partition coefficient (Wildman–Crippen LogP) is 4.82. The highest BCUT2D eigenvalue weighted by molar-refractivity contribution is 7.92. The van der Waals surface area contributed by atoms with Gasteiger partial charge in [0.15, 0.2) is 11.5 Å². The number of methoxy groups -OCH3 is 3. The summed E-state index contributed by atoms with van der Waals surface area (Å²) in [5.74, 6) is 0.810. The van der Waals surface area contributed by atoms with E-state index in [9.17, 15) is 13.2 Å². The zero-order chi connectivity index (χ0) is 26.5. The summed E-state index contributed by atoms with van der Waals surface area (Å²) in [6, 6.07) is 16.7. The van der Waals surface area contributed by atoms with E-state index in [0.29, 0.717) is 22.1 Å². The number of ether oxygens (including phenoxy) is 3. The zero-order valence-corrected chi connectivity index (χ0v) is 22.3. The molecule has 0 fully saturated rings. The van der Waals surface area contributed by atoms with Gasteiger partial charge < -0.3 is 19.5 Å². The number of benzene rings is 3. The first-order chi connectivity index (χ1) is 17.1. The quantitative estimate of drug-likeness (QED) is 0.402. The molecule has 0 radical (unpaired) electrons. The normalized spacial score (nSPS) is 11.9. The number of rotatable bonds is 10. The molecular formula is C26H29ClN2O6S. The fourth-order valence-corrected chi connectivity index (χ4v) is 4.66. The van der Waals surface area contributed by atoms with Crippen molar-refractivity contribution in [2.75, 3.05) is 31.9 Å². The number of anilines is 1. The maximum atomic E-state index is 13.5. The van der Waals surface area contributed by atoms with Gasteiger partial charge in [0, 0.05) is 11.1 Å². The van der Waals surface area contributed by atoms with Gasteiger partial charge in [-0.2, -0.15) is 0 Å². The number of nitrogens with zero attached hydrogens (tertiary/aromatic N) is 1. The van der Waals surface area contributed by atoms with Crippen molar-refractivity contribution in [1.82, 2.24) is 5.32 Å². The number of carbonyl (C=O) groups is 1. The Hall–Kier alpha value is -3.43. The second-order valence-corrected chi connectivity index (χ2v) is 10.4. The smallest absolute Gasteiger partial charge is 0.254 e. The van der Waals surface area contributed by atoms with E-state index in [4.69, 9.17) is 25.8 Å². The molecule has 0 aliphatic heterocycles.